The molecule has 0 fully saturated rings. The van der Waals surface area contributed by atoms with Crippen LogP contribution in [0, 0.1) is 0 Å². The Morgan fingerprint density at radius 1 is 1.35 bits per heavy atom. The molecule has 0 aliphatic rings. The van der Waals surface area contributed by atoms with Gasteiger partial charge in [0.2, 0.25) is 5.91 Å². The summed E-state index contributed by atoms with van der Waals surface area (Å²) in [7, 11) is -3.17. The standard InChI is InChI=1S/C11H16N2O3S/c1-8(12)11(14)13-7-9-3-5-10(6-4-9)17(2,15)16/h3-6,8H,7,12H2,1-2H3,(H,13,14)/t8-/m0/s1. The third-order valence-corrected chi connectivity index (χ3v) is 3.36. The molecule has 0 radical (unpaired) electrons. The zero-order chi connectivity index (χ0) is 13.1. The number of rotatable bonds is 4. The largest absolute Gasteiger partial charge is 0.351 e. The highest BCUT2D eigenvalue weighted by Crippen LogP contribution is 2.10. The van der Waals surface area contributed by atoms with Crippen LogP contribution in [0.4, 0.5) is 0 Å². The van der Waals surface area contributed by atoms with Crippen molar-refractivity contribution in [2.24, 2.45) is 5.73 Å². The van der Waals surface area contributed by atoms with Gasteiger partial charge in [0.15, 0.2) is 9.84 Å². The summed E-state index contributed by atoms with van der Waals surface area (Å²) in [6.07, 6.45) is 1.15. The molecule has 94 valence electrons. The van der Waals surface area contributed by atoms with Crippen LogP contribution in [0.3, 0.4) is 0 Å². The number of hydrogen-bond donors (Lipinski definition) is 2. The summed E-state index contributed by atoms with van der Waals surface area (Å²) < 4.78 is 22.4. The first kappa shape index (κ1) is 13.7. The summed E-state index contributed by atoms with van der Waals surface area (Å²) in [6, 6.07) is 5.81. The van der Waals surface area contributed by atoms with Gasteiger partial charge in [-0.05, 0) is 24.6 Å². The first-order chi connectivity index (χ1) is 7.80. The van der Waals surface area contributed by atoms with Gasteiger partial charge >= 0.3 is 0 Å². The number of sulfone groups is 1. The minimum absolute atomic E-state index is 0.239. The van der Waals surface area contributed by atoms with Crippen molar-refractivity contribution in [3.05, 3.63) is 29.8 Å². The molecule has 0 unspecified atom stereocenters. The first-order valence-corrected chi connectivity index (χ1v) is 7.02. The van der Waals surface area contributed by atoms with E-state index in [4.69, 9.17) is 5.73 Å². The third-order valence-electron chi connectivity index (χ3n) is 2.23. The normalized spacial score (nSPS) is 13.1. The van der Waals surface area contributed by atoms with Crippen molar-refractivity contribution in [2.75, 3.05) is 6.26 Å². The van der Waals surface area contributed by atoms with Gasteiger partial charge in [0.1, 0.15) is 0 Å². The summed E-state index contributed by atoms with van der Waals surface area (Å²) in [5.74, 6) is -0.239. The monoisotopic (exact) mass is 256 g/mol. The van der Waals surface area contributed by atoms with Crippen molar-refractivity contribution in [1.82, 2.24) is 5.32 Å². The Labute approximate surface area is 101 Å². The number of nitrogens with two attached hydrogens (primary N) is 1. The van der Waals surface area contributed by atoms with Crippen LogP contribution in [0.1, 0.15) is 12.5 Å². The van der Waals surface area contributed by atoms with E-state index in [1.165, 1.54) is 12.1 Å². The van der Waals surface area contributed by atoms with Gasteiger partial charge in [0, 0.05) is 12.8 Å². The van der Waals surface area contributed by atoms with Gasteiger partial charge in [0.05, 0.1) is 10.9 Å². The molecule has 5 nitrogen and oxygen atoms in total. The lowest BCUT2D eigenvalue weighted by molar-refractivity contribution is -0.122. The van der Waals surface area contributed by atoms with E-state index < -0.39 is 15.9 Å². The summed E-state index contributed by atoms with van der Waals surface area (Å²) in [6.45, 7) is 1.94. The lowest BCUT2D eigenvalue weighted by Crippen LogP contribution is -2.37. The van der Waals surface area contributed by atoms with Crippen LogP contribution in [0.5, 0.6) is 0 Å². The van der Waals surface area contributed by atoms with E-state index in [0.717, 1.165) is 11.8 Å². The maximum absolute atomic E-state index is 11.2. The van der Waals surface area contributed by atoms with Crippen molar-refractivity contribution in [3.63, 3.8) is 0 Å². The minimum atomic E-state index is -3.17. The first-order valence-electron chi connectivity index (χ1n) is 5.13. The number of nitrogens with one attached hydrogen (secondary N) is 1. The number of amides is 1. The van der Waals surface area contributed by atoms with Crippen LogP contribution in [0.25, 0.3) is 0 Å². The van der Waals surface area contributed by atoms with E-state index in [1.54, 1.807) is 19.1 Å². The van der Waals surface area contributed by atoms with Crippen molar-refractivity contribution < 1.29 is 13.2 Å². The van der Waals surface area contributed by atoms with Gasteiger partial charge in [-0.3, -0.25) is 4.79 Å². The molecule has 0 bridgehead atoms. The molecule has 0 aromatic heterocycles. The molecule has 1 aromatic rings. The molecule has 0 heterocycles. The van der Waals surface area contributed by atoms with Crippen molar-refractivity contribution >= 4 is 15.7 Å². The van der Waals surface area contributed by atoms with Crippen LogP contribution in [0.15, 0.2) is 29.2 Å². The minimum Gasteiger partial charge on any atom is -0.351 e. The van der Waals surface area contributed by atoms with Crippen molar-refractivity contribution in [2.45, 2.75) is 24.4 Å². The fraction of sp³-hybridized carbons (Fsp3) is 0.364. The number of benzene rings is 1. The number of hydrogen-bond acceptors (Lipinski definition) is 4. The fourth-order valence-electron chi connectivity index (χ4n) is 1.20. The zero-order valence-electron chi connectivity index (χ0n) is 9.80. The molecule has 6 heteroatoms. The highest BCUT2D eigenvalue weighted by molar-refractivity contribution is 7.90. The predicted molar refractivity (Wildman–Crippen MR) is 65.0 cm³/mol. The Balaban J connectivity index is 2.67. The Morgan fingerprint density at radius 2 is 1.88 bits per heavy atom. The SMILES string of the molecule is C[C@H](N)C(=O)NCc1ccc(S(C)(=O)=O)cc1. The summed E-state index contributed by atoms with van der Waals surface area (Å²) in [5, 5.41) is 2.64. The van der Waals surface area contributed by atoms with Crippen LogP contribution >= 0.6 is 0 Å². The molecule has 0 aliphatic heterocycles. The Hall–Kier alpha value is -1.40. The Kier molecular flexibility index (Phi) is 4.25. The topological polar surface area (TPSA) is 89.3 Å². The van der Waals surface area contributed by atoms with E-state index in [2.05, 4.69) is 5.32 Å². The summed E-state index contributed by atoms with van der Waals surface area (Å²) >= 11 is 0. The van der Waals surface area contributed by atoms with Gasteiger partial charge in [0.25, 0.3) is 0 Å². The van der Waals surface area contributed by atoms with E-state index >= 15 is 0 Å². The molecule has 0 aliphatic carbocycles. The molecule has 0 saturated heterocycles. The maximum atomic E-state index is 11.2. The second-order valence-corrected chi connectivity index (χ2v) is 5.94. The summed E-state index contributed by atoms with van der Waals surface area (Å²) in [4.78, 5) is 11.5. The van der Waals surface area contributed by atoms with Gasteiger partial charge in [-0.25, -0.2) is 8.42 Å². The average molecular weight is 256 g/mol. The lowest BCUT2D eigenvalue weighted by atomic mass is 10.2. The molecule has 17 heavy (non-hydrogen) atoms. The van der Waals surface area contributed by atoms with Crippen LogP contribution in [-0.4, -0.2) is 26.6 Å². The smallest absolute Gasteiger partial charge is 0.236 e. The highest BCUT2D eigenvalue weighted by Gasteiger charge is 2.08. The number of carbonyl (C=O) groups is 1. The second-order valence-electron chi connectivity index (χ2n) is 3.92. The van der Waals surface area contributed by atoms with Crippen LogP contribution < -0.4 is 11.1 Å². The maximum Gasteiger partial charge on any atom is 0.236 e. The van der Waals surface area contributed by atoms with Crippen molar-refractivity contribution in [3.8, 4) is 0 Å². The molecule has 1 aromatic carbocycles. The molecular formula is C11H16N2O3S. The predicted octanol–water partition coefficient (Wildman–Crippen LogP) is 0.0535. The average Bonchev–Trinajstić information content (AvgIpc) is 2.25. The van der Waals surface area contributed by atoms with E-state index in [9.17, 15) is 13.2 Å². The van der Waals surface area contributed by atoms with Gasteiger partial charge in [-0.1, -0.05) is 12.1 Å². The Bertz CT molecular complexity index is 492. The van der Waals surface area contributed by atoms with Crippen molar-refractivity contribution in [1.29, 1.82) is 0 Å². The van der Waals surface area contributed by atoms with E-state index in [-0.39, 0.29) is 10.8 Å². The van der Waals surface area contributed by atoms with E-state index in [1.807, 2.05) is 0 Å². The zero-order valence-corrected chi connectivity index (χ0v) is 10.6. The second kappa shape index (κ2) is 5.29. The molecule has 1 rings (SSSR count). The van der Waals surface area contributed by atoms with Crippen LogP contribution in [-0.2, 0) is 21.2 Å². The quantitative estimate of drug-likeness (QED) is 0.796. The highest BCUT2D eigenvalue weighted by atomic mass is 32.2. The molecule has 1 atom stereocenters. The third kappa shape index (κ3) is 4.16. The van der Waals surface area contributed by atoms with Gasteiger partial charge in [-0.2, -0.15) is 0 Å². The molecule has 3 N–H and O–H groups in total. The Morgan fingerprint density at radius 3 is 2.29 bits per heavy atom. The van der Waals surface area contributed by atoms with Crippen LogP contribution in [0.2, 0.25) is 0 Å². The number of carbonyl (C=O) groups excluding carboxylic acids is 1. The summed E-state index contributed by atoms with van der Waals surface area (Å²) in [5.41, 5.74) is 6.22. The molecule has 0 saturated carbocycles. The fourth-order valence-corrected chi connectivity index (χ4v) is 1.84. The molecule has 1 amide bonds. The van der Waals surface area contributed by atoms with E-state index in [0.29, 0.717) is 6.54 Å². The molecule has 0 spiro atoms. The molecular weight excluding hydrogens is 240 g/mol. The lowest BCUT2D eigenvalue weighted by Gasteiger charge is -2.08. The van der Waals surface area contributed by atoms with Gasteiger partial charge in [-0.15, -0.1) is 0 Å². The van der Waals surface area contributed by atoms with Gasteiger partial charge < -0.3 is 11.1 Å².